The molecule has 4 fully saturated rings. The van der Waals surface area contributed by atoms with E-state index in [0.29, 0.717) is 18.6 Å². The number of esters is 1. The highest BCUT2D eigenvalue weighted by Gasteiger charge is 2.71. The molecule has 232 valence electrons. The Bertz CT molecular complexity index is 1260. The Kier molecular flexibility index (Phi) is 7.13. The van der Waals surface area contributed by atoms with Gasteiger partial charge in [0.1, 0.15) is 11.4 Å². The Balaban J connectivity index is 1.54. The molecule has 0 aromatic heterocycles. The van der Waals surface area contributed by atoms with Crippen LogP contribution in [0, 0.1) is 62.7 Å². The molecule has 0 saturated heterocycles. The number of fused-ring (bicyclic) bond motifs is 7. The van der Waals surface area contributed by atoms with Gasteiger partial charge in [0.25, 0.3) is 0 Å². The lowest BCUT2D eigenvalue weighted by atomic mass is 9.31. The number of nitrogens with zero attached hydrogens (tertiary/aromatic N) is 1. The van der Waals surface area contributed by atoms with Crippen LogP contribution in [0.3, 0.4) is 0 Å². The number of Topliss-reactive ketones (excluding diaryl/α,β-unsaturated/α-hetero) is 2. The lowest BCUT2D eigenvalue weighted by Gasteiger charge is -2.72. The van der Waals surface area contributed by atoms with Crippen molar-refractivity contribution in [3.05, 3.63) is 23.2 Å². The van der Waals surface area contributed by atoms with Crippen LogP contribution in [0.5, 0.6) is 0 Å². The first-order chi connectivity index (χ1) is 19.2. The first kappa shape index (κ1) is 31.5. The van der Waals surface area contributed by atoms with Crippen molar-refractivity contribution < 1.29 is 19.1 Å². The van der Waals surface area contributed by atoms with Gasteiger partial charge >= 0.3 is 5.97 Å². The molecule has 0 aromatic carbocycles. The van der Waals surface area contributed by atoms with Crippen LogP contribution in [-0.4, -0.2) is 23.1 Å². The van der Waals surface area contributed by atoms with Crippen LogP contribution in [0.4, 0.5) is 0 Å². The zero-order chi connectivity index (χ0) is 31.3. The highest BCUT2D eigenvalue weighted by Crippen LogP contribution is 2.76. The summed E-state index contributed by atoms with van der Waals surface area (Å²) < 4.78 is 5.73. The maximum Gasteiger partial charge on any atom is 0.306 e. The van der Waals surface area contributed by atoms with Crippen LogP contribution in [0.1, 0.15) is 133 Å². The Labute approximate surface area is 254 Å². The van der Waals surface area contributed by atoms with E-state index >= 15 is 0 Å². The number of carbonyl (C=O) groups excluding carboxylic acids is 3. The third-order valence-corrected chi connectivity index (χ3v) is 13.9. The summed E-state index contributed by atoms with van der Waals surface area (Å²) in [4.78, 5) is 44.7. The molecule has 42 heavy (non-hydrogen) atoms. The van der Waals surface area contributed by atoms with Crippen molar-refractivity contribution in [1.82, 2.24) is 0 Å². The lowest BCUT2D eigenvalue weighted by molar-refractivity contribution is -0.223. The number of hydrogen-bond donors (Lipinski definition) is 0. The third-order valence-electron chi connectivity index (χ3n) is 13.9. The second-order valence-electron chi connectivity index (χ2n) is 18.1. The average molecular weight is 578 g/mol. The minimum Gasteiger partial charge on any atom is -0.460 e. The number of carbonyl (C=O) groups is 3. The van der Waals surface area contributed by atoms with Crippen molar-refractivity contribution in [2.45, 2.75) is 139 Å². The molecule has 0 bridgehead atoms. The maximum atomic E-state index is 14.7. The summed E-state index contributed by atoms with van der Waals surface area (Å²) in [5.74, 6) is 0.695. The van der Waals surface area contributed by atoms with E-state index < -0.39 is 11.0 Å². The molecule has 0 aromatic rings. The van der Waals surface area contributed by atoms with Crippen LogP contribution in [0.25, 0.3) is 4.85 Å². The second-order valence-corrected chi connectivity index (χ2v) is 18.1. The maximum absolute atomic E-state index is 14.7. The summed E-state index contributed by atoms with van der Waals surface area (Å²) in [5.41, 5.74) is -1.28. The minimum atomic E-state index is -0.609. The van der Waals surface area contributed by atoms with Gasteiger partial charge in [-0.3, -0.25) is 9.59 Å². The van der Waals surface area contributed by atoms with Crippen LogP contribution in [0.2, 0.25) is 0 Å². The Morgan fingerprint density at radius 1 is 0.952 bits per heavy atom. The smallest absolute Gasteiger partial charge is 0.306 e. The van der Waals surface area contributed by atoms with E-state index in [1.54, 1.807) is 0 Å². The standard InChI is InChI=1S/C37H55NO4/c1-31(2,3)42-28(40)13-15-37-18-16-32(4,5)21-23(37)29-25(39)20-27-34(8)22-24(38-11)30(41)33(6,7)26(34)12-14-35(27,9)36(29,10)17-19-37/h22-23,26-27,29H,12-21H2,1-10H3/t23-,26?,27?,29-,34-,35+,36+,37+/m0/s1. The molecule has 0 N–H and O–H groups in total. The zero-order valence-electron chi connectivity index (χ0n) is 28.0. The largest absolute Gasteiger partial charge is 0.460 e. The minimum absolute atomic E-state index is 0.00696. The van der Waals surface area contributed by atoms with E-state index in [4.69, 9.17) is 11.3 Å². The summed E-state index contributed by atoms with van der Waals surface area (Å²) >= 11 is 0. The van der Waals surface area contributed by atoms with Crippen LogP contribution >= 0.6 is 0 Å². The number of allylic oxidation sites excluding steroid dienone is 2. The van der Waals surface area contributed by atoms with E-state index in [-0.39, 0.29) is 68.2 Å². The van der Waals surface area contributed by atoms with Crippen molar-refractivity contribution in [3.63, 3.8) is 0 Å². The molecule has 0 heterocycles. The van der Waals surface area contributed by atoms with Gasteiger partial charge in [-0.2, -0.15) is 0 Å². The van der Waals surface area contributed by atoms with Crippen LogP contribution in [-0.2, 0) is 19.1 Å². The van der Waals surface area contributed by atoms with Crippen molar-refractivity contribution >= 4 is 17.5 Å². The third kappa shape index (κ3) is 4.47. The topological polar surface area (TPSA) is 64.8 Å². The summed E-state index contributed by atoms with van der Waals surface area (Å²) in [6.07, 6.45) is 11.0. The SMILES string of the molecule is [C-]#[N+]C1=C[C@@]2(C)C(CC[C@]3(C)C2CC(=O)[C@@H]2[C@@H]4CC(C)(C)CC[C@]4(CCC(=O)OC(C)(C)C)CC[C@]23C)C(C)(C)C1=O. The Morgan fingerprint density at radius 3 is 2.21 bits per heavy atom. The molecular formula is C37H55NO4. The number of hydrogen-bond acceptors (Lipinski definition) is 4. The Hall–Kier alpha value is -1.96. The lowest BCUT2D eigenvalue weighted by Crippen LogP contribution is -2.68. The molecule has 8 atom stereocenters. The average Bonchev–Trinajstić information content (AvgIpc) is 2.85. The molecule has 0 amide bonds. The molecule has 5 rings (SSSR count). The molecule has 0 radical (unpaired) electrons. The first-order valence-electron chi connectivity index (χ1n) is 16.6. The molecule has 5 aliphatic rings. The molecule has 2 unspecified atom stereocenters. The number of ketones is 2. The number of rotatable bonds is 3. The predicted molar refractivity (Wildman–Crippen MR) is 165 cm³/mol. The summed E-state index contributed by atoms with van der Waals surface area (Å²) in [6, 6.07) is 0. The summed E-state index contributed by atoms with van der Waals surface area (Å²) in [6.45, 7) is 29.5. The van der Waals surface area contributed by atoms with Crippen LogP contribution < -0.4 is 0 Å². The summed E-state index contributed by atoms with van der Waals surface area (Å²) in [5, 5.41) is 0. The molecule has 5 aliphatic carbocycles. The van der Waals surface area contributed by atoms with E-state index in [1.165, 1.54) is 0 Å². The van der Waals surface area contributed by atoms with Gasteiger partial charge in [-0.15, -0.1) is 0 Å². The van der Waals surface area contributed by atoms with Crippen LogP contribution in [0.15, 0.2) is 11.8 Å². The summed E-state index contributed by atoms with van der Waals surface area (Å²) in [7, 11) is 0. The normalized spacial score (nSPS) is 44.0. The van der Waals surface area contributed by atoms with Gasteiger partial charge < -0.3 is 9.53 Å². The van der Waals surface area contributed by atoms with Crippen molar-refractivity contribution in [2.75, 3.05) is 0 Å². The molecule has 5 heteroatoms. The molecule has 0 spiro atoms. The predicted octanol–water partition coefficient (Wildman–Crippen LogP) is 8.76. The fraction of sp³-hybridized carbons (Fsp3) is 0.838. The fourth-order valence-electron chi connectivity index (χ4n) is 11.6. The molecule has 4 saturated carbocycles. The number of ether oxygens (including phenoxy) is 1. The van der Waals surface area contributed by atoms with E-state index in [2.05, 4.69) is 39.5 Å². The molecular weight excluding hydrogens is 522 g/mol. The van der Waals surface area contributed by atoms with Crippen molar-refractivity contribution in [1.29, 1.82) is 0 Å². The second kappa shape index (κ2) is 9.52. The van der Waals surface area contributed by atoms with Gasteiger partial charge in [0.15, 0.2) is 5.78 Å². The zero-order valence-corrected chi connectivity index (χ0v) is 28.0. The van der Waals surface area contributed by atoms with Gasteiger partial charge in [-0.1, -0.05) is 54.5 Å². The van der Waals surface area contributed by atoms with Crippen molar-refractivity contribution in [3.8, 4) is 0 Å². The van der Waals surface area contributed by atoms with Crippen molar-refractivity contribution in [2.24, 2.45) is 56.2 Å². The van der Waals surface area contributed by atoms with Gasteiger partial charge in [0, 0.05) is 24.2 Å². The molecule has 0 aliphatic heterocycles. The van der Waals surface area contributed by atoms with Gasteiger partial charge in [0.2, 0.25) is 5.70 Å². The highest BCUT2D eigenvalue weighted by atomic mass is 16.6. The van der Waals surface area contributed by atoms with Gasteiger partial charge in [0.05, 0.1) is 6.57 Å². The van der Waals surface area contributed by atoms with E-state index in [0.717, 1.165) is 51.4 Å². The van der Waals surface area contributed by atoms with Gasteiger partial charge in [-0.25, -0.2) is 4.85 Å². The first-order valence-corrected chi connectivity index (χ1v) is 16.6. The van der Waals surface area contributed by atoms with Gasteiger partial charge in [-0.05, 0) is 117 Å². The quantitative estimate of drug-likeness (QED) is 0.248. The highest BCUT2D eigenvalue weighted by molar-refractivity contribution is 6.02. The monoisotopic (exact) mass is 577 g/mol. The Morgan fingerprint density at radius 2 is 1.60 bits per heavy atom. The molecule has 5 nitrogen and oxygen atoms in total. The van der Waals surface area contributed by atoms with E-state index in [9.17, 15) is 14.4 Å². The fourth-order valence-corrected chi connectivity index (χ4v) is 11.6. The van der Waals surface area contributed by atoms with E-state index in [1.807, 2.05) is 40.7 Å².